The Balaban J connectivity index is 1.61. The van der Waals surface area contributed by atoms with E-state index in [4.69, 9.17) is 14.2 Å². The zero-order valence-corrected chi connectivity index (χ0v) is 20.9. The summed E-state index contributed by atoms with van der Waals surface area (Å²) < 4.78 is 16.7. The third-order valence-electron chi connectivity index (χ3n) is 5.83. The number of rotatable bonds is 9. The van der Waals surface area contributed by atoms with Gasteiger partial charge in [0.05, 0.1) is 12.2 Å². The fraction of sp³-hybridized carbons (Fsp3) is 0.444. The van der Waals surface area contributed by atoms with E-state index in [1.165, 1.54) is 19.1 Å². The van der Waals surface area contributed by atoms with E-state index in [9.17, 15) is 14.4 Å². The molecule has 1 unspecified atom stereocenters. The van der Waals surface area contributed by atoms with Crippen LogP contribution in [0.4, 0.5) is 5.69 Å². The van der Waals surface area contributed by atoms with Crippen molar-refractivity contribution in [2.75, 3.05) is 31.6 Å². The Morgan fingerprint density at radius 1 is 0.971 bits per heavy atom. The molecular formula is C27H34N2O6. The fourth-order valence-electron chi connectivity index (χ4n) is 3.87. The minimum atomic E-state index is -1.00. The van der Waals surface area contributed by atoms with Gasteiger partial charge in [0, 0.05) is 18.8 Å². The van der Waals surface area contributed by atoms with E-state index in [-0.39, 0.29) is 18.1 Å². The van der Waals surface area contributed by atoms with Gasteiger partial charge in [0.25, 0.3) is 11.8 Å². The number of aryl methyl sites for hydroxylation is 2. The molecule has 1 atom stereocenters. The van der Waals surface area contributed by atoms with Gasteiger partial charge in [0.15, 0.2) is 24.2 Å². The van der Waals surface area contributed by atoms with E-state index in [0.29, 0.717) is 23.8 Å². The third-order valence-corrected chi connectivity index (χ3v) is 5.83. The van der Waals surface area contributed by atoms with Crippen molar-refractivity contribution in [1.82, 2.24) is 4.90 Å². The molecule has 188 valence electrons. The van der Waals surface area contributed by atoms with Crippen molar-refractivity contribution in [3.63, 3.8) is 0 Å². The summed E-state index contributed by atoms with van der Waals surface area (Å²) in [5, 5.41) is 2.79. The number of anilines is 1. The van der Waals surface area contributed by atoms with Crippen LogP contribution < -0.4 is 14.8 Å². The van der Waals surface area contributed by atoms with Crippen LogP contribution in [0.1, 0.15) is 54.6 Å². The van der Waals surface area contributed by atoms with Crippen molar-refractivity contribution in [3.8, 4) is 11.5 Å². The molecule has 2 aromatic rings. The topological polar surface area (TPSA) is 94.2 Å². The first kappa shape index (κ1) is 26.1. The van der Waals surface area contributed by atoms with Crippen LogP contribution in [0.2, 0.25) is 0 Å². The number of carbonyl (C=O) groups excluding carboxylic acids is 3. The molecule has 1 aliphatic heterocycles. The van der Waals surface area contributed by atoms with E-state index in [0.717, 1.165) is 43.5 Å². The number of carbonyl (C=O) groups is 3. The Kier molecular flexibility index (Phi) is 9.11. The Morgan fingerprint density at radius 3 is 2.40 bits per heavy atom. The molecule has 1 N–H and O–H groups in total. The average Bonchev–Trinajstić information content (AvgIpc) is 2.85. The molecule has 1 aliphatic rings. The molecule has 2 aromatic carbocycles. The SMILES string of the molecule is CCOc1cc(C(=O)OC(C)C(=O)Nc2ccc(C)cc2C)ccc1OCC(=O)N1CCCCC1. The van der Waals surface area contributed by atoms with E-state index in [1.807, 2.05) is 39.0 Å². The quantitative estimate of drug-likeness (QED) is 0.536. The smallest absolute Gasteiger partial charge is 0.339 e. The normalized spacial score (nSPS) is 14.1. The molecule has 1 heterocycles. The number of hydrogen-bond donors (Lipinski definition) is 1. The molecule has 0 aromatic heterocycles. The van der Waals surface area contributed by atoms with Gasteiger partial charge >= 0.3 is 5.97 Å². The molecule has 0 radical (unpaired) electrons. The highest BCUT2D eigenvalue weighted by Crippen LogP contribution is 2.29. The van der Waals surface area contributed by atoms with Gasteiger partial charge in [-0.2, -0.15) is 0 Å². The molecule has 1 saturated heterocycles. The minimum absolute atomic E-state index is 0.0701. The Bertz CT molecular complexity index is 1060. The largest absolute Gasteiger partial charge is 0.490 e. The van der Waals surface area contributed by atoms with Crippen LogP contribution in [0.15, 0.2) is 36.4 Å². The number of nitrogens with zero attached hydrogens (tertiary/aromatic N) is 1. The lowest BCUT2D eigenvalue weighted by atomic mass is 10.1. The minimum Gasteiger partial charge on any atom is -0.490 e. The summed E-state index contributed by atoms with van der Waals surface area (Å²) in [5.41, 5.74) is 2.90. The van der Waals surface area contributed by atoms with Crippen molar-refractivity contribution in [2.45, 2.75) is 53.1 Å². The summed E-state index contributed by atoms with van der Waals surface area (Å²) in [6, 6.07) is 10.3. The van der Waals surface area contributed by atoms with Gasteiger partial charge in [-0.3, -0.25) is 9.59 Å². The van der Waals surface area contributed by atoms with Crippen LogP contribution in [0.25, 0.3) is 0 Å². The number of nitrogens with one attached hydrogen (secondary N) is 1. The molecule has 0 bridgehead atoms. The summed E-state index contributed by atoms with van der Waals surface area (Å²) in [7, 11) is 0. The van der Waals surface area contributed by atoms with Gasteiger partial charge in [-0.25, -0.2) is 4.79 Å². The predicted molar refractivity (Wildman–Crippen MR) is 133 cm³/mol. The molecule has 0 spiro atoms. The second-order valence-corrected chi connectivity index (χ2v) is 8.68. The predicted octanol–water partition coefficient (Wildman–Crippen LogP) is 4.28. The summed E-state index contributed by atoms with van der Waals surface area (Å²) in [6.45, 7) is 8.96. The van der Waals surface area contributed by atoms with Crippen LogP contribution in [0.3, 0.4) is 0 Å². The first-order valence-corrected chi connectivity index (χ1v) is 12.0. The van der Waals surface area contributed by atoms with Crippen molar-refractivity contribution >= 4 is 23.5 Å². The van der Waals surface area contributed by atoms with Crippen LogP contribution in [0.5, 0.6) is 11.5 Å². The monoisotopic (exact) mass is 482 g/mol. The van der Waals surface area contributed by atoms with Crippen LogP contribution in [0, 0.1) is 13.8 Å². The lowest BCUT2D eigenvalue weighted by molar-refractivity contribution is -0.134. The van der Waals surface area contributed by atoms with E-state index < -0.39 is 18.0 Å². The summed E-state index contributed by atoms with van der Waals surface area (Å²) in [5.74, 6) is -0.453. The van der Waals surface area contributed by atoms with Gasteiger partial charge < -0.3 is 24.4 Å². The molecule has 3 rings (SSSR count). The number of ether oxygens (including phenoxy) is 3. The standard InChI is InChI=1S/C27H34N2O6/c1-5-33-24-16-21(10-12-23(24)34-17-25(30)29-13-7-6-8-14-29)27(32)35-20(4)26(31)28-22-11-9-18(2)15-19(22)3/h9-12,15-16,20H,5-8,13-14,17H2,1-4H3,(H,28,31). The zero-order valence-electron chi connectivity index (χ0n) is 20.9. The van der Waals surface area contributed by atoms with E-state index in [1.54, 1.807) is 11.0 Å². The molecular weight excluding hydrogens is 448 g/mol. The van der Waals surface area contributed by atoms with E-state index >= 15 is 0 Å². The van der Waals surface area contributed by atoms with Gasteiger partial charge in [0.2, 0.25) is 0 Å². The third kappa shape index (κ3) is 7.21. The number of piperidine rings is 1. The van der Waals surface area contributed by atoms with Gasteiger partial charge in [-0.05, 0) is 76.8 Å². The highest BCUT2D eigenvalue weighted by Gasteiger charge is 2.22. The van der Waals surface area contributed by atoms with Crippen molar-refractivity contribution in [2.24, 2.45) is 0 Å². The van der Waals surface area contributed by atoms with Crippen molar-refractivity contribution in [3.05, 3.63) is 53.1 Å². The molecule has 8 nitrogen and oxygen atoms in total. The molecule has 0 saturated carbocycles. The molecule has 1 fully saturated rings. The highest BCUT2D eigenvalue weighted by atomic mass is 16.5. The number of amides is 2. The maximum absolute atomic E-state index is 12.7. The molecule has 35 heavy (non-hydrogen) atoms. The number of benzene rings is 2. The zero-order chi connectivity index (χ0) is 25.4. The second-order valence-electron chi connectivity index (χ2n) is 8.68. The lowest BCUT2D eigenvalue weighted by Crippen LogP contribution is -2.38. The molecule has 8 heteroatoms. The summed E-state index contributed by atoms with van der Waals surface area (Å²) in [4.78, 5) is 39.5. The van der Waals surface area contributed by atoms with Crippen LogP contribution in [-0.4, -0.2) is 55.1 Å². The molecule has 2 amide bonds. The van der Waals surface area contributed by atoms with Gasteiger partial charge in [-0.1, -0.05) is 17.7 Å². The van der Waals surface area contributed by atoms with Crippen LogP contribution >= 0.6 is 0 Å². The highest BCUT2D eigenvalue weighted by molar-refractivity contribution is 5.98. The van der Waals surface area contributed by atoms with E-state index in [2.05, 4.69) is 5.32 Å². The van der Waals surface area contributed by atoms with Gasteiger partial charge in [0.1, 0.15) is 0 Å². The summed E-state index contributed by atoms with van der Waals surface area (Å²) in [6.07, 6.45) is 2.15. The summed E-state index contributed by atoms with van der Waals surface area (Å²) >= 11 is 0. The maximum atomic E-state index is 12.7. The average molecular weight is 483 g/mol. The van der Waals surface area contributed by atoms with Gasteiger partial charge in [-0.15, -0.1) is 0 Å². The fourth-order valence-corrected chi connectivity index (χ4v) is 3.87. The van der Waals surface area contributed by atoms with Crippen molar-refractivity contribution < 1.29 is 28.6 Å². The first-order valence-electron chi connectivity index (χ1n) is 12.0. The first-order chi connectivity index (χ1) is 16.8. The lowest BCUT2D eigenvalue weighted by Gasteiger charge is -2.26. The second kappa shape index (κ2) is 12.2. The Morgan fingerprint density at radius 2 is 1.71 bits per heavy atom. The number of esters is 1. The Hall–Kier alpha value is -3.55. The number of hydrogen-bond acceptors (Lipinski definition) is 6. The molecule has 0 aliphatic carbocycles. The van der Waals surface area contributed by atoms with Crippen molar-refractivity contribution in [1.29, 1.82) is 0 Å². The maximum Gasteiger partial charge on any atom is 0.339 e. The number of likely N-dealkylation sites (tertiary alicyclic amines) is 1. The Labute approximate surface area is 206 Å². The van der Waals surface area contributed by atoms with Crippen LogP contribution in [-0.2, 0) is 14.3 Å².